The van der Waals surface area contributed by atoms with Gasteiger partial charge < -0.3 is 9.84 Å². The number of nitrogens with one attached hydrogen (secondary N) is 1. The maximum absolute atomic E-state index is 5.48. The van der Waals surface area contributed by atoms with Crippen LogP contribution in [0.15, 0.2) is 22.9 Å². The maximum atomic E-state index is 5.48. The summed E-state index contributed by atoms with van der Waals surface area (Å²) in [5.41, 5.74) is 1.92. The number of hydrogen-bond donors (Lipinski definition) is 1. The predicted octanol–water partition coefficient (Wildman–Crippen LogP) is 2.69. The van der Waals surface area contributed by atoms with Gasteiger partial charge in [-0.3, -0.25) is 4.98 Å². The number of nitrogens with zero attached hydrogens (tertiary/aromatic N) is 3. The zero-order chi connectivity index (χ0) is 13.9. The van der Waals surface area contributed by atoms with Crippen LogP contribution in [0.25, 0.3) is 11.5 Å². The van der Waals surface area contributed by atoms with E-state index in [1.165, 1.54) is 12.8 Å². The monoisotopic (exact) mass is 272 g/mol. The molecule has 1 fully saturated rings. The summed E-state index contributed by atoms with van der Waals surface area (Å²) < 4.78 is 5.48. The molecule has 1 N–H and O–H groups in total. The summed E-state index contributed by atoms with van der Waals surface area (Å²) in [7, 11) is 0. The Bertz CT molecular complexity index is 581. The molecule has 0 spiro atoms. The topological polar surface area (TPSA) is 63.8 Å². The van der Waals surface area contributed by atoms with E-state index in [1.807, 2.05) is 19.1 Å². The molecule has 106 valence electrons. The van der Waals surface area contributed by atoms with E-state index in [2.05, 4.69) is 27.4 Å². The van der Waals surface area contributed by atoms with Gasteiger partial charge in [0.1, 0.15) is 5.69 Å². The van der Waals surface area contributed by atoms with Crippen molar-refractivity contribution >= 4 is 0 Å². The zero-order valence-electron chi connectivity index (χ0n) is 12.0. The lowest BCUT2D eigenvalue weighted by Crippen LogP contribution is -2.31. The Morgan fingerprint density at radius 1 is 1.40 bits per heavy atom. The van der Waals surface area contributed by atoms with Crippen LogP contribution < -0.4 is 5.32 Å². The molecule has 2 heterocycles. The molecule has 0 aliphatic heterocycles. The number of likely N-dealkylation sites (N-methyl/N-ethyl adjacent to an activating group) is 1. The molecule has 2 unspecified atom stereocenters. The smallest absolute Gasteiger partial charge is 0.231 e. The third-order valence-electron chi connectivity index (χ3n) is 3.89. The van der Waals surface area contributed by atoms with Crippen LogP contribution in [-0.2, 0) is 0 Å². The first kappa shape index (κ1) is 13.2. The standard InChI is InChI=1S/C15H20N4O/c1-3-16-12-6-4-5-11(12)15-18-14(19-20-15)13-9-10(2)7-8-17-13/h7-9,11-12,16H,3-6H2,1-2H3. The van der Waals surface area contributed by atoms with Gasteiger partial charge in [-0.2, -0.15) is 4.98 Å². The average molecular weight is 272 g/mol. The molecule has 2 aromatic heterocycles. The summed E-state index contributed by atoms with van der Waals surface area (Å²) in [5, 5.41) is 7.60. The lowest BCUT2D eigenvalue weighted by Gasteiger charge is -2.16. The molecule has 3 rings (SSSR count). The summed E-state index contributed by atoms with van der Waals surface area (Å²) in [4.78, 5) is 8.86. The number of pyridine rings is 1. The van der Waals surface area contributed by atoms with Gasteiger partial charge in [-0.05, 0) is 44.0 Å². The first-order chi connectivity index (χ1) is 9.78. The van der Waals surface area contributed by atoms with E-state index in [-0.39, 0.29) is 0 Å². The largest absolute Gasteiger partial charge is 0.339 e. The summed E-state index contributed by atoms with van der Waals surface area (Å²) in [6, 6.07) is 4.40. The van der Waals surface area contributed by atoms with E-state index in [4.69, 9.17) is 4.52 Å². The van der Waals surface area contributed by atoms with E-state index in [1.54, 1.807) is 6.20 Å². The van der Waals surface area contributed by atoms with Crippen LogP contribution in [0.5, 0.6) is 0 Å². The van der Waals surface area contributed by atoms with Crippen LogP contribution >= 0.6 is 0 Å². The number of rotatable bonds is 4. The first-order valence-corrected chi connectivity index (χ1v) is 7.28. The van der Waals surface area contributed by atoms with E-state index >= 15 is 0 Å². The van der Waals surface area contributed by atoms with Crippen LogP contribution in [0.4, 0.5) is 0 Å². The average Bonchev–Trinajstić information content (AvgIpc) is 3.07. The highest BCUT2D eigenvalue weighted by molar-refractivity contribution is 5.49. The molecule has 0 aromatic carbocycles. The highest BCUT2D eigenvalue weighted by Crippen LogP contribution is 2.34. The summed E-state index contributed by atoms with van der Waals surface area (Å²) in [6.07, 6.45) is 5.28. The lowest BCUT2D eigenvalue weighted by molar-refractivity contribution is 0.332. The minimum Gasteiger partial charge on any atom is -0.339 e. The second-order valence-electron chi connectivity index (χ2n) is 5.38. The van der Waals surface area contributed by atoms with E-state index in [0.717, 1.165) is 30.1 Å². The first-order valence-electron chi connectivity index (χ1n) is 7.28. The molecule has 1 aliphatic rings. The van der Waals surface area contributed by atoms with Gasteiger partial charge in [0.25, 0.3) is 0 Å². The number of hydrogen-bond acceptors (Lipinski definition) is 5. The van der Waals surface area contributed by atoms with E-state index in [9.17, 15) is 0 Å². The Balaban J connectivity index is 1.83. The molecular formula is C15H20N4O. The van der Waals surface area contributed by atoms with Crippen molar-refractivity contribution in [1.29, 1.82) is 0 Å². The molecule has 0 bridgehead atoms. The Morgan fingerprint density at radius 2 is 2.30 bits per heavy atom. The Labute approximate surface area is 118 Å². The molecule has 0 amide bonds. The molecule has 1 aliphatic carbocycles. The molecule has 0 radical (unpaired) electrons. The lowest BCUT2D eigenvalue weighted by atomic mass is 10.0. The number of aromatic nitrogens is 3. The highest BCUT2D eigenvalue weighted by Gasteiger charge is 2.32. The van der Waals surface area contributed by atoms with Crippen LogP contribution in [0.2, 0.25) is 0 Å². The van der Waals surface area contributed by atoms with Gasteiger partial charge in [0.2, 0.25) is 11.7 Å². The zero-order valence-corrected chi connectivity index (χ0v) is 12.0. The Kier molecular flexibility index (Phi) is 3.78. The summed E-state index contributed by atoms with van der Waals surface area (Å²) in [5.74, 6) is 1.67. The van der Waals surface area contributed by atoms with Gasteiger partial charge in [-0.1, -0.05) is 18.5 Å². The van der Waals surface area contributed by atoms with Crippen molar-refractivity contribution in [2.45, 2.75) is 45.1 Å². The Morgan fingerprint density at radius 3 is 3.10 bits per heavy atom. The van der Waals surface area contributed by atoms with Crippen molar-refractivity contribution in [2.75, 3.05) is 6.54 Å². The second kappa shape index (κ2) is 5.71. The fourth-order valence-electron chi connectivity index (χ4n) is 2.91. The molecule has 2 aromatic rings. The van der Waals surface area contributed by atoms with Gasteiger partial charge in [0, 0.05) is 12.2 Å². The van der Waals surface area contributed by atoms with Crippen molar-refractivity contribution in [3.63, 3.8) is 0 Å². The molecule has 2 atom stereocenters. The van der Waals surface area contributed by atoms with Crippen molar-refractivity contribution in [3.05, 3.63) is 29.8 Å². The normalized spacial score (nSPS) is 22.3. The van der Waals surface area contributed by atoms with Crippen molar-refractivity contribution < 1.29 is 4.52 Å². The number of aryl methyl sites for hydroxylation is 1. The molecule has 5 nitrogen and oxygen atoms in total. The third kappa shape index (κ3) is 2.58. The van der Waals surface area contributed by atoms with Gasteiger partial charge in [-0.15, -0.1) is 0 Å². The van der Waals surface area contributed by atoms with Gasteiger partial charge in [-0.25, -0.2) is 0 Å². The molecule has 0 saturated heterocycles. The van der Waals surface area contributed by atoms with Crippen LogP contribution in [0.1, 0.15) is 43.6 Å². The quantitative estimate of drug-likeness (QED) is 0.927. The van der Waals surface area contributed by atoms with Crippen LogP contribution in [0, 0.1) is 6.92 Å². The highest BCUT2D eigenvalue weighted by atomic mass is 16.5. The van der Waals surface area contributed by atoms with Gasteiger partial charge in [0.15, 0.2) is 0 Å². The second-order valence-corrected chi connectivity index (χ2v) is 5.38. The Hall–Kier alpha value is -1.75. The van der Waals surface area contributed by atoms with Crippen molar-refractivity contribution in [3.8, 4) is 11.5 Å². The molecular weight excluding hydrogens is 252 g/mol. The minimum absolute atomic E-state index is 0.334. The fourth-order valence-corrected chi connectivity index (χ4v) is 2.91. The molecule has 5 heteroatoms. The third-order valence-corrected chi connectivity index (χ3v) is 3.89. The maximum Gasteiger partial charge on any atom is 0.231 e. The van der Waals surface area contributed by atoms with Gasteiger partial charge >= 0.3 is 0 Å². The summed E-state index contributed by atoms with van der Waals surface area (Å²) >= 11 is 0. The minimum atomic E-state index is 0.334. The van der Waals surface area contributed by atoms with Crippen LogP contribution in [-0.4, -0.2) is 27.7 Å². The van der Waals surface area contributed by atoms with Crippen molar-refractivity contribution in [1.82, 2.24) is 20.4 Å². The fraction of sp³-hybridized carbons (Fsp3) is 0.533. The predicted molar refractivity (Wildman–Crippen MR) is 76.3 cm³/mol. The SMILES string of the molecule is CCNC1CCCC1c1nc(-c2cc(C)ccn2)no1. The molecule has 1 saturated carbocycles. The molecule has 20 heavy (non-hydrogen) atoms. The van der Waals surface area contributed by atoms with E-state index in [0.29, 0.717) is 17.8 Å². The van der Waals surface area contributed by atoms with Gasteiger partial charge in [0.05, 0.1) is 5.92 Å². The summed E-state index contributed by atoms with van der Waals surface area (Å²) in [6.45, 7) is 5.14. The van der Waals surface area contributed by atoms with E-state index < -0.39 is 0 Å². The van der Waals surface area contributed by atoms with Crippen LogP contribution in [0.3, 0.4) is 0 Å². The van der Waals surface area contributed by atoms with Crippen molar-refractivity contribution in [2.24, 2.45) is 0 Å².